The molecule has 1 saturated heterocycles. The number of amides is 1. The van der Waals surface area contributed by atoms with Crippen LogP contribution in [0.4, 0.5) is 5.69 Å². The van der Waals surface area contributed by atoms with E-state index in [0.29, 0.717) is 23.6 Å². The van der Waals surface area contributed by atoms with Crippen LogP contribution in [0.1, 0.15) is 53.8 Å². The summed E-state index contributed by atoms with van der Waals surface area (Å²) >= 11 is 1.45. The molecule has 1 fully saturated rings. The number of hydrogen-bond acceptors (Lipinski definition) is 5. The number of aryl methyl sites for hydroxylation is 2. The van der Waals surface area contributed by atoms with Crippen molar-refractivity contribution in [2.75, 3.05) is 11.5 Å². The summed E-state index contributed by atoms with van der Waals surface area (Å²) in [4.78, 5) is 28.8. The van der Waals surface area contributed by atoms with Crippen LogP contribution in [-0.2, 0) is 9.59 Å². The Bertz CT molecular complexity index is 1210. The molecule has 1 unspecified atom stereocenters. The number of rotatable bonds is 8. The largest absolute Gasteiger partial charge is 0.507 e. The van der Waals surface area contributed by atoms with Crippen molar-refractivity contribution in [2.45, 2.75) is 46.1 Å². The van der Waals surface area contributed by atoms with Gasteiger partial charge in [-0.15, -0.1) is 11.3 Å². The van der Waals surface area contributed by atoms with Crippen LogP contribution >= 0.6 is 11.3 Å². The lowest BCUT2D eigenvalue weighted by Crippen LogP contribution is -2.29. The zero-order valence-corrected chi connectivity index (χ0v) is 20.5. The van der Waals surface area contributed by atoms with Crippen molar-refractivity contribution in [2.24, 2.45) is 0 Å². The van der Waals surface area contributed by atoms with Gasteiger partial charge in [-0.2, -0.15) is 0 Å². The van der Waals surface area contributed by atoms with Gasteiger partial charge in [-0.1, -0.05) is 43.5 Å². The first-order chi connectivity index (χ1) is 16.4. The van der Waals surface area contributed by atoms with Crippen LogP contribution < -0.4 is 9.64 Å². The summed E-state index contributed by atoms with van der Waals surface area (Å²) in [5.41, 5.74) is 3.21. The first kappa shape index (κ1) is 23.8. The quantitative estimate of drug-likeness (QED) is 0.173. The van der Waals surface area contributed by atoms with E-state index in [9.17, 15) is 14.7 Å². The highest BCUT2D eigenvalue weighted by Gasteiger charge is 2.47. The number of thiophene rings is 1. The van der Waals surface area contributed by atoms with Crippen molar-refractivity contribution in [3.05, 3.63) is 87.1 Å². The maximum absolute atomic E-state index is 13.2. The molecule has 2 heterocycles. The lowest BCUT2D eigenvalue weighted by Gasteiger charge is -2.26. The average molecular weight is 476 g/mol. The predicted octanol–water partition coefficient (Wildman–Crippen LogP) is 6.56. The highest BCUT2D eigenvalue weighted by atomic mass is 32.1. The van der Waals surface area contributed by atoms with Crippen molar-refractivity contribution in [3.63, 3.8) is 0 Å². The van der Waals surface area contributed by atoms with Crippen molar-refractivity contribution < 1.29 is 19.4 Å². The molecule has 2 aromatic carbocycles. The smallest absolute Gasteiger partial charge is 0.300 e. The minimum Gasteiger partial charge on any atom is -0.507 e. The Hall–Kier alpha value is -3.38. The number of Topliss-reactive ketones (excluding diaryl/α,β-unsaturated/α-hetero) is 1. The molecule has 34 heavy (non-hydrogen) atoms. The molecule has 5 nitrogen and oxygen atoms in total. The molecule has 1 N–H and O–H groups in total. The highest BCUT2D eigenvalue weighted by Crippen LogP contribution is 2.44. The van der Waals surface area contributed by atoms with Gasteiger partial charge in [0.05, 0.1) is 12.2 Å². The van der Waals surface area contributed by atoms with E-state index < -0.39 is 17.7 Å². The van der Waals surface area contributed by atoms with Gasteiger partial charge >= 0.3 is 0 Å². The lowest BCUT2D eigenvalue weighted by atomic mass is 9.99. The predicted molar refractivity (Wildman–Crippen MR) is 136 cm³/mol. The Balaban J connectivity index is 1.73. The fourth-order valence-electron chi connectivity index (χ4n) is 4.28. The van der Waals surface area contributed by atoms with Gasteiger partial charge in [-0.25, -0.2) is 0 Å². The van der Waals surface area contributed by atoms with Crippen LogP contribution in [0.25, 0.3) is 5.76 Å². The van der Waals surface area contributed by atoms with E-state index in [0.717, 1.165) is 35.3 Å². The molecule has 1 aliphatic heterocycles. The summed E-state index contributed by atoms with van der Waals surface area (Å²) in [6.45, 7) is 6.69. The van der Waals surface area contributed by atoms with Crippen molar-refractivity contribution in [1.29, 1.82) is 0 Å². The molecule has 1 aromatic heterocycles. The first-order valence-corrected chi connectivity index (χ1v) is 12.4. The second-order valence-corrected chi connectivity index (χ2v) is 9.53. The molecular weight excluding hydrogens is 446 g/mol. The van der Waals surface area contributed by atoms with Gasteiger partial charge in [-0.05, 0) is 67.6 Å². The molecule has 0 radical (unpaired) electrons. The molecule has 0 bridgehead atoms. The Morgan fingerprint density at radius 1 is 1.06 bits per heavy atom. The molecule has 1 atom stereocenters. The van der Waals surface area contributed by atoms with Crippen LogP contribution in [0.15, 0.2) is 65.6 Å². The van der Waals surface area contributed by atoms with Crippen LogP contribution in [0.3, 0.4) is 0 Å². The summed E-state index contributed by atoms with van der Waals surface area (Å²) in [5.74, 6) is -0.793. The third-order valence-corrected chi connectivity index (χ3v) is 6.94. The number of unbranched alkanes of at least 4 members (excludes halogenated alkanes) is 2. The van der Waals surface area contributed by atoms with Crippen molar-refractivity contribution in [1.82, 2.24) is 0 Å². The van der Waals surface area contributed by atoms with Gasteiger partial charge < -0.3 is 9.84 Å². The number of aliphatic hydroxyl groups is 1. The number of hydrogen-bond donors (Lipinski definition) is 1. The first-order valence-electron chi connectivity index (χ1n) is 11.6. The molecule has 0 spiro atoms. The number of ether oxygens (including phenoxy) is 1. The van der Waals surface area contributed by atoms with Crippen molar-refractivity contribution in [3.8, 4) is 5.75 Å². The van der Waals surface area contributed by atoms with E-state index in [1.807, 2.05) is 49.6 Å². The maximum atomic E-state index is 13.2. The Kier molecular flexibility index (Phi) is 7.17. The van der Waals surface area contributed by atoms with Gasteiger partial charge in [0.25, 0.3) is 11.7 Å². The fraction of sp³-hybridized carbons (Fsp3) is 0.286. The Morgan fingerprint density at radius 2 is 1.82 bits per heavy atom. The van der Waals surface area contributed by atoms with E-state index in [1.165, 1.54) is 16.2 Å². The topological polar surface area (TPSA) is 66.8 Å². The minimum atomic E-state index is -0.689. The second-order valence-electron chi connectivity index (χ2n) is 8.55. The van der Waals surface area contributed by atoms with Crippen molar-refractivity contribution >= 4 is 34.5 Å². The summed E-state index contributed by atoms with van der Waals surface area (Å²) in [7, 11) is 0. The van der Waals surface area contributed by atoms with Crippen LogP contribution in [0, 0.1) is 13.8 Å². The summed E-state index contributed by atoms with van der Waals surface area (Å²) in [6, 6.07) is 15.9. The number of anilines is 1. The summed E-state index contributed by atoms with van der Waals surface area (Å²) in [5, 5.41) is 13.1. The Labute approximate surface area is 204 Å². The molecule has 1 aliphatic rings. The molecule has 6 heteroatoms. The molecule has 3 aromatic rings. The molecule has 0 aliphatic carbocycles. The third kappa shape index (κ3) is 4.64. The lowest BCUT2D eigenvalue weighted by molar-refractivity contribution is -0.132. The second kappa shape index (κ2) is 10.3. The zero-order chi connectivity index (χ0) is 24.2. The monoisotopic (exact) mass is 475 g/mol. The fourth-order valence-corrected chi connectivity index (χ4v) is 5.10. The van der Waals surface area contributed by atoms with E-state index in [1.54, 1.807) is 24.3 Å². The number of carbonyl (C=O) groups is 2. The molecular formula is C28H29NO4S. The van der Waals surface area contributed by atoms with Crippen LogP contribution in [0.5, 0.6) is 5.75 Å². The standard InChI is InChI=1S/C28H29NO4S/c1-4-5-6-15-33-21-12-10-20(11-13-21)26(30)24-25(23-8-7-16-34-23)29(28(32)27(24)31)22-14-9-18(2)17-19(22)3/h7-14,16-17,25,30H,4-6,15H2,1-3H3/b26-24-. The number of benzene rings is 2. The van der Waals surface area contributed by atoms with E-state index in [4.69, 9.17) is 4.74 Å². The normalized spacial score (nSPS) is 17.4. The van der Waals surface area contributed by atoms with Gasteiger partial charge in [0.2, 0.25) is 0 Å². The van der Waals surface area contributed by atoms with Gasteiger partial charge in [0.15, 0.2) is 0 Å². The van der Waals surface area contributed by atoms with E-state index >= 15 is 0 Å². The maximum Gasteiger partial charge on any atom is 0.300 e. The van der Waals surface area contributed by atoms with Crippen LogP contribution in [-0.4, -0.2) is 23.4 Å². The highest BCUT2D eigenvalue weighted by molar-refractivity contribution is 7.10. The third-order valence-electron chi connectivity index (χ3n) is 6.01. The summed E-state index contributed by atoms with van der Waals surface area (Å²) < 4.78 is 5.76. The van der Waals surface area contributed by atoms with Crippen LogP contribution in [0.2, 0.25) is 0 Å². The van der Waals surface area contributed by atoms with Gasteiger partial charge in [-0.3, -0.25) is 14.5 Å². The molecule has 4 rings (SSSR count). The minimum absolute atomic E-state index is 0.101. The molecule has 1 amide bonds. The molecule has 176 valence electrons. The Morgan fingerprint density at radius 3 is 2.47 bits per heavy atom. The summed E-state index contributed by atoms with van der Waals surface area (Å²) in [6.07, 6.45) is 3.23. The number of ketones is 1. The average Bonchev–Trinajstić information content (AvgIpc) is 3.44. The zero-order valence-electron chi connectivity index (χ0n) is 19.7. The van der Waals surface area contributed by atoms with E-state index in [2.05, 4.69) is 6.92 Å². The number of aliphatic hydroxyl groups excluding tert-OH is 1. The number of nitrogens with zero attached hydrogens (tertiary/aromatic N) is 1. The SMILES string of the molecule is CCCCCOc1ccc(/C(O)=C2/C(=O)C(=O)N(c3ccc(C)cc3C)C2c2cccs2)cc1. The van der Waals surface area contributed by atoms with Gasteiger partial charge in [0.1, 0.15) is 17.6 Å². The number of carbonyl (C=O) groups excluding carboxylic acids is 2. The molecule has 0 saturated carbocycles. The van der Waals surface area contributed by atoms with Gasteiger partial charge in [0, 0.05) is 16.1 Å². The van der Waals surface area contributed by atoms with E-state index in [-0.39, 0.29) is 11.3 Å².